The van der Waals surface area contributed by atoms with Crippen LogP contribution in [0.25, 0.3) is 10.9 Å². The highest BCUT2D eigenvalue weighted by Crippen LogP contribution is 2.34. The molecule has 2 nitrogen and oxygen atoms in total. The van der Waals surface area contributed by atoms with Crippen LogP contribution in [0.5, 0.6) is 0 Å². The summed E-state index contributed by atoms with van der Waals surface area (Å²) in [5, 5.41) is 4.66. The number of fused-ring (bicyclic) bond motifs is 1. The predicted octanol–water partition coefficient (Wildman–Crippen LogP) is 3.47. The van der Waals surface area contributed by atoms with E-state index in [1.54, 1.807) is 6.07 Å². The number of benzene rings is 1. The molecule has 0 bridgehead atoms. The van der Waals surface area contributed by atoms with Gasteiger partial charge in [0.2, 0.25) is 0 Å². The fraction of sp³-hybridized carbons (Fsp3) is 0.467. The number of halogens is 1. The summed E-state index contributed by atoms with van der Waals surface area (Å²) in [6.45, 7) is 5.13. The van der Waals surface area contributed by atoms with E-state index in [1.807, 2.05) is 13.0 Å². The molecule has 3 heteroatoms. The van der Waals surface area contributed by atoms with E-state index in [0.717, 1.165) is 30.5 Å². The zero-order valence-corrected chi connectivity index (χ0v) is 10.9. The highest BCUT2D eigenvalue weighted by atomic mass is 19.1. The van der Waals surface area contributed by atoms with Crippen molar-refractivity contribution in [2.24, 2.45) is 0 Å². The Morgan fingerprint density at radius 3 is 2.94 bits per heavy atom. The van der Waals surface area contributed by atoms with Crippen molar-refractivity contribution in [3.05, 3.63) is 35.3 Å². The van der Waals surface area contributed by atoms with Crippen molar-refractivity contribution in [1.82, 2.24) is 10.3 Å². The van der Waals surface area contributed by atoms with Crippen LogP contribution in [-0.4, -0.2) is 17.6 Å². The normalized spacial score (nSPS) is 24.6. The van der Waals surface area contributed by atoms with Gasteiger partial charge in [-0.15, -0.1) is 0 Å². The molecule has 2 N–H and O–H groups in total. The molecular weight excluding hydrogens is 227 g/mol. The zero-order valence-electron chi connectivity index (χ0n) is 10.9. The number of hydrogen-bond donors (Lipinski definition) is 2. The lowest BCUT2D eigenvalue weighted by atomic mass is 9.86. The Morgan fingerprint density at radius 1 is 1.33 bits per heavy atom. The molecule has 1 aromatic heterocycles. The van der Waals surface area contributed by atoms with E-state index in [4.69, 9.17) is 0 Å². The highest BCUT2D eigenvalue weighted by molar-refractivity contribution is 5.86. The van der Waals surface area contributed by atoms with Gasteiger partial charge in [-0.05, 0) is 56.8 Å². The maximum atomic E-state index is 13.5. The van der Waals surface area contributed by atoms with Crippen LogP contribution in [0.3, 0.4) is 0 Å². The molecule has 2 aromatic rings. The number of piperidine rings is 1. The lowest BCUT2D eigenvalue weighted by Gasteiger charge is -2.27. The smallest absolute Gasteiger partial charge is 0.128 e. The number of aromatic amines is 1. The lowest BCUT2D eigenvalue weighted by molar-refractivity contribution is 0.382. The molecule has 0 spiro atoms. The van der Waals surface area contributed by atoms with Gasteiger partial charge in [-0.1, -0.05) is 0 Å². The molecule has 2 heterocycles. The molecule has 0 radical (unpaired) electrons. The number of H-pyrrole nitrogens is 1. The molecule has 0 unspecified atom stereocenters. The molecule has 18 heavy (non-hydrogen) atoms. The van der Waals surface area contributed by atoms with Gasteiger partial charge in [0.15, 0.2) is 0 Å². The quantitative estimate of drug-likeness (QED) is 0.792. The third-order valence-electron chi connectivity index (χ3n) is 4.15. The van der Waals surface area contributed by atoms with Crippen LogP contribution in [0, 0.1) is 12.7 Å². The number of rotatable bonds is 1. The minimum absolute atomic E-state index is 0.130. The summed E-state index contributed by atoms with van der Waals surface area (Å²) in [6.07, 6.45) is 4.39. The molecule has 1 aliphatic rings. The molecule has 0 aliphatic carbocycles. The Kier molecular flexibility index (Phi) is 2.86. The predicted molar refractivity (Wildman–Crippen MR) is 72.4 cm³/mol. The van der Waals surface area contributed by atoms with Crippen molar-refractivity contribution in [3.8, 4) is 0 Å². The van der Waals surface area contributed by atoms with Crippen LogP contribution < -0.4 is 5.32 Å². The number of aromatic nitrogens is 1. The molecule has 1 saturated heterocycles. The van der Waals surface area contributed by atoms with Crippen molar-refractivity contribution in [1.29, 1.82) is 0 Å². The molecule has 1 fully saturated rings. The summed E-state index contributed by atoms with van der Waals surface area (Å²) in [6, 6.07) is 4.06. The summed E-state index contributed by atoms with van der Waals surface area (Å²) in [4.78, 5) is 3.25. The van der Waals surface area contributed by atoms with E-state index in [1.165, 1.54) is 10.9 Å². The van der Waals surface area contributed by atoms with E-state index < -0.39 is 0 Å². The van der Waals surface area contributed by atoms with Crippen LogP contribution in [0.2, 0.25) is 0 Å². The summed E-state index contributed by atoms with van der Waals surface area (Å²) < 4.78 is 13.5. The molecule has 2 atom stereocenters. The molecular formula is C15H19FN2. The monoisotopic (exact) mass is 246 g/mol. The second-order valence-electron chi connectivity index (χ2n) is 5.42. The van der Waals surface area contributed by atoms with Gasteiger partial charge in [0.1, 0.15) is 5.82 Å². The van der Waals surface area contributed by atoms with Gasteiger partial charge in [-0.2, -0.15) is 0 Å². The van der Waals surface area contributed by atoms with Gasteiger partial charge in [0.25, 0.3) is 0 Å². The first kappa shape index (κ1) is 11.7. The Morgan fingerprint density at radius 2 is 2.17 bits per heavy atom. The Hall–Kier alpha value is -1.35. The largest absolute Gasteiger partial charge is 0.361 e. The van der Waals surface area contributed by atoms with Crippen molar-refractivity contribution in [3.63, 3.8) is 0 Å². The minimum atomic E-state index is -0.130. The average Bonchev–Trinajstić information content (AvgIpc) is 2.78. The van der Waals surface area contributed by atoms with Crippen LogP contribution in [-0.2, 0) is 0 Å². The van der Waals surface area contributed by atoms with Crippen molar-refractivity contribution >= 4 is 10.9 Å². The van der Waals surface area contributed by atoms with Crippen molar-refractivity contribution in [2.45, 2.75) is 38.6 Å². The Bertz CT molecular complexity index is 573. The van der Waals surface area contributed by atoms with Crippen LogP contribution in [0.4, 0.5) is 4.39 Å². The first-order chi connectivity index (χ1) is 8.66. The molecule has 0 saturated carbocycles. The fourth-order valence-electron chi connectivity index (χ4n) is 3.09. The van der Waals surface area contributed by atoms with Crippen molar-refractivity contribution < 1.29 is 4.39 Å². The number of nitrogens with one attached hydrogen (secondary N) is 2. The molecule has 96 valence electrons. The molecule has 3 rings (SSSR count). The van der Waals surface area contributed by atoms with Crippen molar-refractivity contribution in [2.75, 3.05) is 6.54 Å². The number of aryl methyl sites for hydroxylation is 1. The summed E-state index contributed by atoms with van der Waals surface area (Å²) in [5.41, 5.74) is 3.03. The lowest BCUT2D eigenvalue weighted by Crippen LogP contribution is -2.34. The SMILES string of the molecule is Cc1c(F)ccc2c([C@@H]3CCN[C@@H](C)C3)c[nH]c12. The minimum Gasteiger partial charge on any atom is -0.361 e. The highest BCUT2D eigenvalue weighted by Gasteiger charge is 2.22. The van der Waals surface area contributed by atoms with Crippen LogP contribution in [0.15, 0.2) is 18.3 Å². The number of hydrogen-bond acceptors (Lipinski definition) is 1. The van der Waals surface area contributed by atoms with E-state index in [2.05, 4.69) is 23.4 Å². The van der Waals surface area contributed by atoms with Crippen LogP contribution >= 0.6 is 0 Å². The van der Waals surface area contributed by atoms with E-state index in [0.29, 0.717) is 12.0 Å². The van der Waals surface area contributed by atoms with Gasteiger partial charge in [-0.3, -0.25) is 0 Å². The Labute approximate surface area is 107 Å². The zero-order chi connectivity index (χ0) is 12.7. The van der Waals surface area contributed by atoms with E-state index >= 15 is 0 Å². The second kappa shape index (κ2) is 4.39. The Balaban J connectivity index is 2.05. The van der Waals surface area contributed by atoms with Gasteiger partial charge in [-0.25, -0.2) is 4.39 Å². The third kappa shape index (κ3) is 1.83. The van der Waals surface area contributed by atoms with Gasteiger partial charge >= 0.3 is 0 Å². The molecule has 0 amide bonds. The topological polar surface area (TPSA) is 27.8 Å². The van der Waals surface area contributed by atoms with Gasteiger partial charge in [0, 0.05) is 23.2 Å². The molecule has 1 aromatic carbocycles. The van der Waals surface area contributed by atoms with Crippen LogP contribution in [0.1, 0.15) is 36.8 Å². The van der Waals surface area contributed by atoms with E-state index in [9.17, 15) is 4.39 Å². The maximum absolute atomic E-state index is 13.5. The summed E-state index contributed by atoms with van der Waals surface area (Å²) in [5.74, 6) is 0.453. The maximum Gasteiger partial charge on any atom is 0.128 e. The average molecular weight is 246 g/mol. The summed E-state index contributed by atoms with van der Waals surface area (Å²) in [7, 11) is 0. The third-order valence-corrected chi connectivity index (χ3v) is 4.15. The fourth-order valence-corrected chi connectivity index (χ4v) is 3.09. The summed E-state index contributed by atoms with van der Waals surface area (Å²) >= 11 is 0. The first-order valence-corrected chi connectivity index (χ1v) is 6.66. The van der Waals surface area contributed by atoms with E-state index in [-0.39, 0.29) is 5.82 Å². The first-order valence-electron chi connectivity index (χ1n) is 6.66. The van der Waals surface area contributed by atoms with Gasteiger partial charge in [0.05, 0.1) is 5.52 Å². The standard InChI is InChI=1S/C15H19FN2/c1-9-7-11(5-6-17-9)13-8-18-15-10(2)14(16)4-3-12(13)15/h3-4,8-9,11,17-18H,5-7H2,1-2H3/t9-,11+/m0/s1. The second-order valence-corrected chi connectivity index (χ2v) is 5.42. The molecule has 1 aliphatic heterocycles. The van der Waals surface area contributed by atoms with Gasteiger partial charge < -0.3 is 10.3 Å².